The summed E-state index contributed by atoms with van der Waals surface area (Å²) in [5.74, 6) is 3.89. The Morgan fingerprint density at radius 1 is 0.532 bits per heavy atom. The number of benzene rings is 4. The third kappa shape index (κ3) is 29.0. The Hall–Kier alpha value is 1.62. The van der Waals surface area contributed by atoms with Crippen molar-refractivity contribution < 1.29 is 146 Å². The van der Waals surface area contributed by atoms with E-state index in [2.05, 4.69) is 183 Å². The SMILES string of the molecule is C.CC(C)(C)[Si](C)(C)Cl.CC(C)(C)[Si](C)(C)OCC1CCc2c[c-]ccc2O1.CC(C)(C)[Si](C)(C)OCC1CCc2cc(I)ccc2O1.OCC1CCc2c[c-]ccc2O1.OCC1CCc2cc(I)ccc2O1.O[B]O.[Y].[Y].[Y]. The minimum absolute atomic E-state index is 0. The predicted octanol–water partition coefficient (Wildman–Crippen LogP) is 14.7. The van der Waals surface area contributed by atoms with Gasteiger partial charge in [-0.05, 0) is 173 Å². The van der Waals surface area contributed by atoms with Crippen LogP contribution in [0.1, 0.15) is 118 Å². The second-order valence-corrected chi connectivity index (χ2v) is 43.4. The van der Waals surface area contributed by atoms with Crippen LogP contribution < -0.4 is 18.9 Å². The van der Waals surface area contributed by atoms with E-state index in [-0.39, 0.29) is 161 Å². The summed E-state index contributed by atoms with van der Waals surface area (Å²) in [5, 5.41) is 32.7. The summed E-state index contributed by atoms with van der Waals surface area (Å²) in [6, 6.07) is 30.3. The molecular formula is C59H93BClI2O10Si3Y3-2. The van der Waals surface area contributed by atoms with E-state index in [0.717, 1.165) is 81.0 Å². The molecule has 4 aliphatic heterocycles. The summed E-state index contributed by atoms with van der Waals surface area (Å²) in [6.45, 7) is 35.4. The van der Waals surface area contributed by atoms with Crippen molar-refractivity contribution in [1.82, 2.24) is 0 Å². The molecule has 4 radical (unpaired) electrons. The number of halogens is 3. The molecule has 4 unspecified atom stereocenters. The molecule has 79 heavy (non-hydrogen) atoms. The second kappa shape index (κ2) is 38.8. The van der Waals surface area contributed by atoms with Gasteiger partial charge in [-0.3, -0.25) is 0 Å². The minimum Gasteiger partial charge on any atom is -0.513 e. The molecular weight excluding hydrogens is 1520 g/mol. The molecule has 436 valence electrons. The van der Waals surface area contributed by atoms with Crippen LogP contribution in [0.25, 0.3) is 0 Å². The fourth-order valence-electron chi connectivity index (χ4n) is 6.99. The average molecular weight is 1610 g/mol. The summed E-state index contributed by atoms with van der Waals surface area (Å²) in [6.07, 6.45) is 8.46. The second-order valence-electron chi connectivity index (χ2n) is 24.0. The van der Waals surface area contributed by atoms with E-state index in [0.29, 0.717) is 11.6 Å². The third-order valence-corrected chi connectivity index (χ3v) is 30.6. The molecule has 0 bridgehead atoms. The predicted molar refractivity (Wildman–Crippen MR) is 340 cm³/mol. The molecule has 0 spiro atoms. The molecule has 4 aliphatic rings. The van der Waals surface area contributed by atoms with Crippen molar-refractivity contribution in [3.05, 3.63) is 114 Å². The van der Waals surface area contributed by atoms with Crippen molar-refractivity contribution in [1.29, 1.82) is 0 Å². The Balaban J connectivity index is 0. The van der Waals surface area contributed by atoms with Crippen molar-refractivity contribution in [2.45, 2.75) is 200 Å². The summed E-state index contributed by atoms with van der Waals surface area (Å²) in [7, 11) is -4.72. The zero-order valence-electron chi connectivity index (χ0n) is 49.4. The van der Waals surface area contributed by atoms with Gasteiger partial charge in [-0.15, -0.1) is 23.3 Å². The Bertz CT molecular complexity index is 2320. The number of ether oxygens (including phenoxy) is 4. The quantitative estimate of drug-likeness (QED) is 0.0584. The van der Waals surface area contributed by atoms with Gasteiger partial charge in [-0.25, -0.2) is 0 Å². The van der Waals surface area contributed by atoms with Crippen LogP contribution >= 0.6 is 56.3 Å². The molecule has 4 aromatic carbocycles. The maximum Gasteiger partial charge on any atom is 0.482 e. The topological polar surface area (TPSA) is 136 Å². The van der Waals surface area contributed by atoms with Gasteiger partial charge in [0.1, 0.15) is 35.9 Å². The van der Waals surface area contributed by atoms with Crippen LogP contribution in [0.2, 0.25) is 54.4 Å². The van der Waals surface area contributed by atoms with Crippen molar-refractivity contribution in [2.75, 3.05) is 26.4 Å². The monoisotopic (exact) mass is 1610 g/mol. The summed E-state index contributed by atoms with van der Waals surface area (Å²) >= 11 is 10.8. The summed E-state index contributed by atoms with van der Waals surface area (Å²) in [5.41, 5.74) is 5.06. The number of aryl methyl sites for hydroxylation is 4. The first-order valence-corrected chi connectivity index (χ1v) is 38.3. The van der Waals surface area contributed by atoms with E-state index in [4.69, 9.17) is 59.1 Å². The summed E-state index contributed by atoms with van der Waals surface area (Å²) in [4.78, 5) is 0. The first-order chi connectivity index (χ1) is 34.8. The van der Waals surface area contributed by atoms with Crippen molar-refractivity contribution >= 4 is 88.0 Å². The molecule has 4 atom stereocenters. The number of fused-ring (bicyclic) bond motifs is 4. The van der Waals surface area contributed by atoms with Crippen molar-refractivity contribution in [2.24, 2.45) is 0 Å². The van der Waals surface area contributed by atoms with E-state index in [1.165, 1.54) is 29.4 Å². The van der Waals surface area contributed by atoms with Gasteiger partial charge in [0.2, 0.25) is 0 Å². The molecule has 0 amide bonds. The van der Waals surface area contributed by atoms with Crippen molar-refractivity contribution in [3.63, 3.8) is 0 Å². The molecule has 4 heterocycles. The van der Waals surface area contributed by atoms with E-state index >= 15 is 0 Å². The van der Waals surface area contributed by atoms with E-state index in [1.807, 2.05) is 48.5 Å². The van der Waals surface area contributed by atoms with Gasteiger partial charge in [0, 0.05) is 117 Å². The van der Waals surface area contributed by atoms with E-state index in [1.54, 1.807) is 0 Å². The maximum absolute atomic E-state index is 8.94. The Morgan fingerprint density at radius 2 is 0.810 bits per heavy atom. The van der Waals surface area contributed by atoms with Gasteiger partial charge in [-0.1, -0.05) is 95.7 Å². The standard InChI is InChI=1S/C16H25IO2Si.C16H25O2Si.C10H11IO2.C10H11O2.C6H15ClSi.CH4.BH2O2.3Y/c1-16(2,3)20(4,5)18-11-14-8-6-12-10-13(17)7-9-15(12)19-14;1-16(2,3)19(4,5)17-12-14-11-10-13-8-6-7-9-15(13)18-14;11-8-2-4-10-7(5-8)1-3-9(6-12)13-10;11-7-9-6-5-8-3-1-2-4-10(8)12-9;1-6(2,3)8(4,5)7;;2-1-3;;;/h7,9-10,14H,6,8,11H2,1-5H3;7-9,14H,10-12H2,1-5H3;2,4-5,9,12H,1,3,6H2;2-4,9,11H,5-7H2;1-5H3;1H4;2-3H;;;/q;-1;;-1;;;;;;. The zero-order chi connectivity index (χ0) is 56.4. The number of hydrogen-bond acceptors (Lipinski definition) is 10. The molecule has 0 saturated carbocycles. The molecule has 20 heteroatoms. The number of aliphatic hydroxyl groups is 2. The smallest absolute Gasteiger partial charge is 0.482 e. The van der Waals surface area contributed by atoms with E-state index in [9.17, 15) is 0 Å². The number of aliphatic hydroxyl groups excluding tert-OH is 2. The average Bonchev–Trinajstić information content (AvgIpc) is 3.34. The Morgan fingerprint density at radius 3 is 1.10 bits per heavy atom. The van der Waals surface area contributed by atoms with Crippen LogP contribution in [0.5, 0.6) is 23.0 Å². The first kappa shape index (κ1) is 82.7. The third-order valence-electron chi connectivity index (χ3n) is 15.0. The molecule has 0 aromatic heterocycles. The van der Waals surface area contributed by atoms with Gasteiger partial charge < -0.3 is 48.1 Å². The van der Waals surface area contributed by atoms with Crippen LogP contribution in [0.15, 0.2) is 72.8 Å². The molecule has 0 saturated heterocycles. The fourth-order valence-corrected chi connectivity index (χ4v) is 10.2. The molecule has 0 aliphatic carbocycles. The van der Waals surface area contributed by atoms with Gasteiger partial charge in [-0.2, -0.15) is 47.5 Å². The van der Waals surface area contributed by atoms with Crippen LogP contribution in [-0.2, 0) is 133 Å². The molecule has 8 rings (SSSR count). The summed E-state index contributed by atoms with van der Waals surface area (Å²) < 4.78 is 38.3. The van der Waals surface area contributed by atoms with Crippen LogP contribution in [0.4, 0.5) is 0 Å². The van der Waals surface area contributed by atoms with Gasteiger partial charge in [0.05, 0.1) is 26.4 Å². The van der Waals surface area contributed by atoms with E-state index < -0.39 is 24.0 Å². The van der Waals surface area contributed by atoms with Crippen LogP contribution in [0, 0.1) is 19.3 Å². The molecule has 0 fully saturated rings. The molecule has 4 aromatic rings. The van der Waals surface area contributed by atoms with Crippen molar-refractivity contribution in [3.8, 4) is 23.0 Å². The molecule has 10 nitrogen and oxygen atoms in total. The minimum atomic E-state index is -1.67. The number of hydrogen-bond donors (Lipinski definition) is 4. The largest absolute Gasteiger partial charge is 0.513 e. The first-order valence-electron chi connectivity index (χ1n) is 26.3. The van der Waals surface area contributed by atoms with Crippen LogP contribution in [-0.4, -0.2) is 103 Å². The maximum atomic E-state index is 8.94. The van der Waals surface area contributed by atoms with Gasteiger partial charge in [0.15, 0.2) is 24.0 Å². The van der Waals surface area contributed by atoms with Gasteiger partial charge in [0.25, 0.3) is 0 Å². The van der Waals surface area contributed by atoms with Gasteiger partial charge >= 0.3 is 7.69 Å². The zero-order valence-corrected chi connectivity index (χ0v) is 66.0. The normalized spacial score (nSPS) is 17.9. The number of rotatable bonds is 8. The Kier molecular flexibility index (Phi) is 40.6. The Labute approximate surface area is 589 Å². The fraction of sp³-hybridized carbons (Fsp3) is 0.593. The molecule has 4 N–H and O–H groups in total. The van der Waals surface area contributed by atoms with Crippen LogP contribution in [0.3, 0.4) is 0 Å².